The SMILES string of the molecule is C=Cc1cc(Cl)cc2c1OC(C(Cl)(Cl)Cl)C(C(=C)C(=O)O)=C2. The Bertz CT molecular complexity index is 701. The van der Waals surface area contributed by atoms with Gasteiger partial charge in [-0.25, -0.2) is 4.79 Å². The maximum absolute atomic E-state index is 11.2. The van der Waals surface area contributed by atoms with Gasteiger partial charge in [0.25, 0.3) is 0 Å². The van der Waals surface area contributed by atoms with E-state index in [1.807, 2.05) is 0 Å². The van der Waals surface area contributed by atoms with Crippen LogP contribution < -0.4 is 4.74 Å². The normalized spacial score (nSPS) is 17.1. The summed E-state index contributed by atoms with van der Waals surface area (Å²) >= 11 is 23.8. The number of carboxylic acid groups (broad SMARTS) is 1. The van der Waals surface area contributed by atoms with Gasteiger partial charge in [0.15, 0.2) is 6.10 Å². The number of ether oxygens (including phenoxy) is 1. The third-order valence-corrected chi connectivity index (χ3v) is 3.88. The standard InChI is InChI=1S/C15H10Cl4O3/c1-3-8-4-10(16)5-9-6-11(7(2)14(20)21)13(15(17,18)19)22-12(8)9/h3-6,13H,1-2H2,(H,20,21). The van der Waals surface area contributed by atoms with Crippen LogP contribution in [0.1, 0.15) is 11.1 Å². The van der Waals surface area contributed by atoms with E-state index >= 15 is 0 Å². The predicted octanol–water partition coefficient (Wildman–Crippen LogP) is 5.14. The second-order valence-corrected chi connectivity index (χ2v) is 7.35. The van der Waals surface area contributed by atoms with Crippen molar-refractivity contribution in [3.05, 3.63) is 52.6 Å². The first kappa shape index (κ1) is 17.2. The van der Waals surface area contributed by atoms with Crippen molar-refractivity contribution in [1.29, 1.82) is 0 Å². The third-order valence-electron chi connectivity index (χ3n) is 3.06. The van der Waals surface area contributed by atoms with Crippen LogP contribution in [0.4, 0.5) is 0 Å². The van der Waals surface area contributed by atoms with E-state index in [1.54, 1.807) is 24.3 Å². The minimum atomic E-state index is -1.88. The van der Waals surface area contributed by atoms with Gasteiger partial charge in [-0.3, -0.25) is 0 Å². The molecule has 1 aromatic carbocycles. The molecule has 1 aromatic rings. The lowest BCUT2D eigenvalue weighted by Crippen LogP contribution is -2.37. The van der Waals surface area contributed by atoms with Crippen molar-refractivity contribution in [2.24, 2.45) is 0 Å². The molecule has 1 aliphatic heterocycles. The number of carbonyl (C=O) groups is 1. The number of alkyl halides is 3. The molecule has 1 unspecified atom stereocenters. The molecule has 116 valence electrons. The molecule has 0 saturated carbocycles. The van der Waals surface area contributed by atoms with E-state index in [1.165, 1.54) is 0 Å². The number of fused-ring (bicyclic) bond motifs is 1. The minimum absolute atomic E-state index is 0.164. The number of halogens is 4. The predicted molar refractivity (Wildman–Crippen MR) is 91.0 cm³/mol. The van der Waals surface area contributed by atoms with Crippen molar-refractivity contribution >= 4 is 64.5 Å². The van der Waals surface area contributed by atoms with Crippen LogP contribution in [0.25, 0.3) is 12.2 Å². The second-order valence-electron chi connectivity index (χ2n) is 4.54. The summed E-state index contributed by atoms with van der Waals surface area (Å²) in [4.78, 5) is 11.2. The van der Waals surface area contributed by atoms with Gasteiger partial charge in [-0.1, -0.05) is 65.6 Å². The molecule has 0 saturated heterocycles. The molecule has 0 aromatic heterocycles. The molecule has 1 atom stereocenters. The highest BCUT2D eigenvalue weighted by atomic mass is 35.6. The number of benzene rings is 1. The van der Waals surface area contributed by atoms with Crippen LogP contribution in [0.15, 0.2) is 36.4 Å². The van der Waals surface area contributed by atoms with E-state index in [9.17, 15) is 4.79 Å². The van der Waals surface area contributed by atoms with Crippen molar-refractivity contribution in [2.75, 3.05) is 0 Å². The van der Waals surface area contributed by atoms with Gasteiger partial charge in [0.2, 0.25) is 3.79 Å². The molecule has 0 fully saturated rings. The molecule has 0 radical (unpaired) electrons. The smallest absolute Gasteiger partial charge is 0.335 e. The summed E-state index contributed by atoms with van der Waals surface area (Å²) in [5.41, 5.74) is 1.11. The van der Waals surface area contributed by atoms with Gasteiger partial charge >= 0.3 is 5.97 Å². The highest BCUT2D eigenvalue weighted by Gasteiger charge is 2.42. The first-order chi connectivity index (χ1) is 10.1. The average molecular weight is 380 g/mol. The summed E-state index contributed by atoms with van der Waals surface area (Å²) < 4.78 is 3.86. The fraction of sp³-hybridized carbons (Fsp3) is 0.133. The first-order valence-electron chi connectivity index (χ1n) is 5.98. The number of rotatable bonds is 3. The fourth-order valence-electron chi connectivity index (χ4n) is 2.07. The largest absolute Gasteiger partial charge is 0.480 e. The lowest BCUT2D eigenvalue weighted by Gasteiger charge is -2.32. The van der Waals surface area contributed by atoms with Crippen LogP contribution in [0.5, 0.6) is 5.75 Å². The molecule has 1 heterocycles. The van der Waals surface area contributed by atoms with Crippen molar-refractivity contribution in [1.82, 2.24) is 0 Å². The maximum Gasteiger partial charge on any atom is 0.335 e. The van der Waals surface area contributed by atoms with Crippen LogP contribution in [0.3, 0.4) is 0 Å². The Morgan fingerprint density at radius 3 is 2.50 bits per heavy atom. The second kappa shape index (κ2) is 6.17. The van der Waals surface area contributed by atoms with Gasteiger partial charge in [0.1, 0.15) is 5.75 Å². The zero-order valence-corrected chi connectivity index (χ0v) is 14.1. The van der Waals surface area contributed by atoms with Crippen LogP contribution in [0, 0.1) is 0 Å². The Labute approximate surface area is 147 Å². The molecule has 1 N–H and O–H groups in total. The highest BCUT2D eigenvalue weighted by Crippen LogP contribution is 2.45. The summed E-state index contributed by atoms with van der Waals surface area (Å²) in [5.74, 6) is -0.818. The van der Waals surface area contributed by atoms with Crippen LogP contribution in [-0.2, 0) is 4.79 Å². The minimum Gasteiger partial charge on any atom is -0.480 e. The van der Waals surface area contributed by atoms with Crippen LogP contribution in [-0.4, -0.2) is 21.0 Å². The van der Waals surface area contributed by atoms with E-state index < -0.39 is 15.9 Å². The van der Waals surface area contributed by atoms with Crippen molar-refractivity contribution in [3.63, 3.8) is 0 Å². The number of hydrogen-bond acceptors (Lipinski definition) is 2. The maximum atomic E-state index is 11.2. The van der Waals surface area contributed by atoms with Gasteiger partial charge in [-0.2, -0.15) is 0 Å². The van der Waals surface area contributed by atoms with E-state index in [-0.39, 0.29) is 11.1 Å². The zero-order chi connectivity index (χ0) is 16.7. The zero-order valence-electron chi connectivity index (χ0n) is 11.1. The molecular weight excluding hydrogens is 370 g/mol. The molecular formula is C15H10Cl4O3. The van der Waals surface area contributed by atoms with E-state index in [4.69, 9.17) is 56.2 Å². The Morgan fingerprint density at radius 2 is 2.00 bits per heavy atom. The van der Waals surface area contributed by atoms with Crippen molar-refractivity contribution in [3.8, 4) is 5.75 Å². The van der Waals surface area contributed by atoms with Crippen molar-refractivity contribution < 1.29 is 14.6 Å². The molecule has 1 aliphatic rings. The number of hydrogen-bond donors (Lipinski definition) is 1. The lowest BCUT2D eigenvalue weighted by atomic mass is 9.95. The van der Waals surface area contributed by atoms with Gasteiger partial charge in [0.05, 0.1) is 5.57 Å². The molecule has 0 amide bonds. The molecule has 3 nitrogen and oxygen atoms in total. The Morgan fingerprint density at radius 1 is 1.36 bits per heavy atom. The highest BCUT2D eigenvalue weighted by molar-refractivity contribution is 6.68. The van der Waals surface area contributed by atoms with Gasteiger partial charge in [0, 0.05) is 21.7 Å². The molecule has 0 bridgehead atoms. The number of aliphatic carboxylic acids is 1. The molecule has 2 rings (SSSR count). The quantitative estimate of drug-likeness (QED) is 0.584. The van der Waals surface area contributed by atoms with E-state index in [0.717, 1.165) is 0 Å². The van der Waals surface area contributed by atoms with Gasteiger partial charge in [-0.05, 0) is 18.2 Å². The Balaban J connectivity index is 2.68. The first-order valence-corrected chi connectivity index (χ1v) is 7.50. The third kappa shape index (κ3) is 3.28. The van der Waals surface area contributed by atoms with Crippen LogP contribution in [0.2, 0.25) is 5.02 Å². The topological polar surface area (TPSA) is 46.5 Å². The summed E-state index contributed by atoms with van der Waals surface area (Å²) in [6, 6.07) is 3.27. The van der Waals surface area contributed by atoms with E-state index in [0.29, 0.717) is 21.9 Å². The summed E-state index contributed by atoms with van der Waals surface area (Å²) in [6.07, 6.45) is 1.97. The van der Waals surface area contributed by atoms with Gasteiger partial charge in [-0.15, -0.1) is 0 Å². The lowest BCUT2D eigenvalue weighted by molar-refractivity contribution is -0.132. The monoisotopic (exact) mass is 378 g/mol. The van der Waals surface area contributed by atoms with E-state index in [2.05, 4.69) is 13.2 Å². The Kier molecular flexibility index (Phi) is 4.83. The molecule has 22 heavy (non-hydrogen) atoms. The summed E-state index contributed by atoms with van der Waals surface area (Å²) in [5, 5.41) is 9.60. The molecule has 7 heteroatoms. The van der Waals surface area contributed by atoms with Crippen LogP contribution >= 0.6 is 46.4 Å². The summed E-state index contributed by atoms with van der Waals surface area (Å²) in [7, 11) is 0. The van der Waals surface area contributed by atoms with Crippen molar-refractivity contribution in [2.45, 2.75) is 9.90 Å². The summed E-state index contributed by atoms with van der Waals surface area (Å²) in [6.45, 7) is 7.18. The molecule has 0 aliphatic carbocycles. The average Bonchev–Trinajstić information content (AvgIpc) is 2.42. The van der Waals surface area contributed by atoms with Gasteiger partial charge < -0.3 is 9.84 Å². The fourth-order valence-corrected chi connectivity index (χ4v) is 2.79. The number of carboxylic acids is 1. The molecule has 0 spiro atoms. The Hall–Kier alpha value is -1.13.